The number of nitrogens with one attached hydrogen (secondary N) is 1. The monoisotopic (exact) mass is 387 g/mol. The van der Waals surface area contributed by atoms with E-state index >= 15 is 0 Å². The maximum atomic E-state index is 12.9. The molecule has 1 aliphatic carbocycles. The Bertz CT molecular complexity index is 614. The van der Waals surface area contributed by atoms with Crippen LogP contribution >= 0.6 is 12.4 Å². The van der Waals surface area contributed by atoms with Crippen molar-refractivity contribution in [2.24, 2.45) is 5.92 Å². The van der Waals surface area contributed by atoms with Crippen molar-refractivity contribution in [3.8, 4) is 0 Å². The molecule has 1 heterocycles. The molecule has 5 nitrogen and oxygen atoms in total. The van der Waals surface area contributed by atoms with Gasteiger partial charge in [-0.2, -0.15) is 17.0 Å². The first-order chi connectivity index (χ1) is 11.6. The molecule has 0 unspecified atom stereocenters. The molecule has 1 aliphatic heterocycles. The third kappa shape index (κ3) is 5.66. The fraction of sp³-hybridized carbons (Fsp3) is 0.667. The Labute approximate surface area is 158 Å². The summed E-state index contributed by atoms with van der Waals surface area (Å²) in [5.74, 6) is 0.869. The molecular weight excluding hydrogens is 358 g/mol. The third-order valence-corrected chi connectivity index (χ3v) is 7.11. The Hall–Kier alpha value is -0.660. The molecule has 25 heavy (non-hydrogen) atoms. The van der Waals surface area contributed by atoms with Crippen molar-refractivity contribution < 1.29 is 8.42 Å². The van der Waals surface area contributed by atoms with Crippen LogP contribution in [0.15, 0.2) is 30.3 Å². The molecule has 0 aromatic heterocycles. The van der Waals surface area contributed by atoms with E-state index in [0.717, 1.165) is 30.9 Å². The molecule has 3 rings (SSSR count). The summed E-state index contributed by atoms with van der Waals surface area (Å²) in [6.07, 6.45) is 4.53. The summed E-state index contributed by atoms with van der Waals surface area (Å²) in [6.45, 7) is 5.19. The molecule has 0 amide bonds. The van der Waals surface area contributed by atoms with E-state index in [2.05, 4.69) is 5.32 Å². The summed E-state index contributed by atoms with van der Waals surface area (Å²) < 4.78 is 29.1. The highest BCUT2D eigenvalue weighted by molar-refractivity contribution is 7.86. The van der Waals surface area contributed by atoms with Gasteiger partial charge in [0.1, 0.15) is 0 Å². The molecule has 142 valence electrons. The van der Waals surface area contributed by atoms with Gasteiger partial charge in [-0.05, 0) is 43.7 Å². The van der Waals surface area contributed by atoms with E-state index in [9.17, 15) is 8.42 Å². The maximum Gasteiger partial charge on any atom is 0.282 e. The Morgan fingerprint density at radius 3 is 2.32 bits per heavy atom. The van der Waals surface area contributed by atoms with Crippen molar-refractivity contribution in [2.45, 2.75) is 45.2 Å². The molecular formula is C18H30ClN3O2S. The van der Waals surface area contributed by atoms with Crippen LogP contribution in [0.1, 0.15) is 38.2 Å². The van der Waals surface area contributed by atoms with E-state index in [0.29, 0.717) is 32.2 Å². The summed E-state index contributed by atoms with van der Waals surface area (Å²) >= 11 is 0. The Morgan fingerprint density at radius 1 is 1.12 bits per heavy atom. The first-order valence-electron chi connectivity index (χ1n) is 9.12. The summed E-state index contributed by atoms with van der Waals surface area (Å²) in [5.41, 5.74) is 1.03. The zero-order valence-corrected chi connectivity index (χ0v) is 16.6. The zero-order chi connectivity index (χ0) is 17.0. The standard InChI is InChI=1S/C18H29N3O2S.ClH/c1-2-20(15-17-6-4-3-5-7-17)24(22,23)21-12-10-18(11-13-21)19-14-16-8-9-16;/h3-7,16,18-19H,2,8-15H2,1H3;1H. The number of hydrogen-bond acceptors (Lipinski definition) is 3. The van der Waals surface area contributed by atoms with Crippen molar-refractivity contribution in [3.63, 3.8) is 0 Å². The molecule has 7 heteroatoms. The van der Waals surface area contributed by atoms with Gasteiger partial charge < -0.3 is 5.32 Å². The fourth-order valence-corrected chi connectivity index (χ4v) is 4.89. The lowest BCUT2D eigenvalue weighted by molar-refractivity contribution is 0.265. The molecule has 2 aliphatic rings. The molecule has 0 spiro atoms. The average Bonchev–Trinajstić information content (AvgIpc) is 3.43. The minimum atomic E-state index is -3.38. The van der Waals surface area contributed by atoms with E-state index in [1.165, 1.54) is 12.8 Å². The molecule has 0 bridgehead atoms. The number of nitrogens with zero attached hydrogens (tertiary/aromatic N) is 2. The maximum absolute atomic E-state index is 12.9. The minimum absolute atomic E-state index is 0. The molecule has 1 saturated heterocycles. The van der Waals surface area contributed by atoms with Crippen LogP contribution in [0.4, 0.5) is 0 Å². The lowest BCUT2D eigenvalue weighted by atomic mass is 10.1. The van der Waals surface area contributed by atoms with Crippen LogP contribution in [0.3, 0.4) is 0 Å². The lowest BCUT2D eigenvalue weighted by Gasteiger charge is -2.35. The first kappa shape index (κ1) is 20.6. The molecule has 1 N–H and O–H groups in total. The second kappa shape index (κ2) is 9.33. The fourth-order valence-electron chi connectivity index (χ4n) is 3.25. The average molecular weight is 388 g/mol. The minimum Gasteiger partial charge on any atom is -0.314 e. The number of hydrogen-bond donors (Lipinski definition) is 1. The van der Waals surface area contributed by atoms with Crippen molar-refractivity contribution in [2.75, 3.05) is 26.2 Å². The van der Waals surface area contributed by atoms with Gasteiger partial charge in [-0.3, -0.25) is 0 Å². The first-order valence-corrected chi connectivity index (χ1v) is 10.5. The second-order valence-corrected chi connectivity index (χ2v) is 8.87. The van der Waals surface area contributed by atoms with Crippen LogP contribution in [-0.2, 0) is 16.8 Å². The smallest absolute Gasteiger partial charge is 0.282 e. The predicted molar refractivity (Wildman–Crippen MR) is 104 cm³/mol. The summed E-state index contributed by atoms with van der Waals surface area (Å²) in [7, 11) is -3.38. The van der Waals surface area contributed by atoms with Crippen LogP contribution in [0.25, 0.3) is 0 Å². The molecule has 1 aromatic carbocycles. The highest BCUT2D eigenvalue weighted by Crippen LogP contribution is 2.28. The Balaban J connectivity index is 0.00000225. The van der Waals surface area contributed by atoms with Gasteiger partial charge in [-0.1, -0.05) is 37.3 Å². The highest BCUT2D eigenvalue weighted by atomic mass is 35.5. The van der Waals surface area contributed by atoms with Crippen LogP contribution in [0, 0.1) is 5.92 Å². The summed E-state index contributed by atoms with van der Waals surface area (Å²) in [4.78, 5) is 0. The van der Waals surface area contributed by atoms with Gasteiger partial charge in [0, 0.05) is 32.2 Å². The quantitative estimate of drug-likeness (QED) is 0.746. The van der Waals surface area contributed by atoms with E-state index in [1.807, 2.05) is 37.3 Å². The second-order valence-electron chi connectivity index (χ2n) is 6.94. The normalized spacial score (nSPS) is 19.8. The predicted octanol–water partition coefficient (Wildman–Crippen LogP) is 2.64. The van der Waals surface area contributed by atoms with E-state index < -0.39 is 10.2 Å². The number of rotatable bonds is 8. The molecule has 0 radical (unpaired) electrons. The Morgan fingerprint density at radius 2 is 1.76 bits per heavy atom. The zero-order valence-electron chi connectivity index (χ0n) is 14.9. The van der Waals surface area contributed by atoms with Gasteiger partial charge in [0.15, 0.2) is 0 Å². The van der Waals surface area contributed by atoms with E-state index in [-0.39, 0.29) is 12.4 Å². The molecule has 1 aromatic rings. The number of halogens is 1. The van der Waals surface area contributed by atoms with Crippen molar-refractivity contribution >= 4 is 22.6 Å². The van der Waals surface area contributed by atoms with Gasteiger partial charge >= 0.3 is 0 Å². The van der Waals surface area contributed by atoms with Crippen LogP contribution in [-0.4, -0.2) is 49.2 Å². The van der Waals surface area contributed by atoms with Gasteiger partial charge in [0.2, 0.25) is 0 Å². The van der Waals surface area contributed by atoms with Crippen LogP contribution in [0.5, 0.6) is 0 Å². The summed E-state index contributed by atoms with van der Waals surface area (Å²) in [5, 5.41) is 3.60. The molecule has 2 fully saturated rings. The Kier molecular flexibility index (Phi) is 7.70. The largest absolute Gasteiger partial charge is 0.314 e. The number of piperidine rings is 1. The van der Waals surface area contributed by atoms with E-state index in [1.54, 1.807) is 8.61 Å². The topological polar surface area (TPSA) is 52.7 Å². The van der Waals surface area contributed by atoms with Gasteiger partial charge in [-0.15, -0.1) is 12.4 Å². The third-order valence-electron chi connectivity index (χ3n) is 5.05. The van der Waals surface area contributed by atoms with Crippen LogP contribution in [0.2, 0.25) is 0 Å². The van der Waals surface area contributed by atoms with Crippen molar-refractivity contribution in [3.05, 3.63) is 35.9 Å². The summed E-state index contributed by atoms with van der Waals surface area (Å²) in [6, 6.07) is 10.3. The van der Waals surface area contributed by atoms with Crippen molar-refractivity contribution in [1.82, 2.24) is 13.9 Å². The molecule has 1 saturated carbocycles. The van der Waals surface area contributed by atoms with Gasteiger partial charge in [0.05, 0.1) is 0 Å². The SMILES string of the molecule is CCN(Cc1ccccc1)S(=O)(=O)N1CCC(NCC2CC2)CC1.Cl. The lowest BCUT2D eigenvalue weighted by Crippen LogP contribution is -2.50. The molecule has 0 atom stereocenters. The van der Waals surface area contributed by atoms with E-state index in [4.69, 9.17) is 0 Å². The van der Waals surface area contributed by atoms with Gasteiger partial charge in [-0.25, -0.2) is 0 Å². The van der Waals surface area contributed by atoms with Crippen molar-refractivity contribution in [1.29, 1.82) is 0 Å². The number of benzene rings is 1. The van der Waals surface area contributed by atoms with Gasteiger partial charge in [0.25, 0.3) is 10.2 Å². The highest BCUT2D eigenvalue weighted by Gasteiger charge is 2.32. The van der Waals surface area contributed by atoms with Crippen LogP contribution < -0.4 is 5.32 Å².